The second-order valence-corrected chi connectivity index (χ2v) is 11.4. The van der Waals surface area contributed by atoms with Gasteiger partial charge >= 0.3 is 0 Å². The maximum Gasteiger partial charge on any atom is 0.141 e. The SMILES string of the molecule is CCn1c(-c2ccc(-c3cccc(-c4nc5c(c6ccccc46)[C@@H]4CC46C=CC=CN56)c3)cc2)nc2ccccc21. The van der Waals surface area contributed by atoms with Gasteiger partial charge in [-0.25, -0.2) is 9.97 Å². The molecule has 6 aromatic rings. The van der Waals surface area contributed by atoms with Gasteiger partial charge in [0.25, 0.3) is 0 Å². The number of anilines is 1. The first kappa shape index (κ1) is 22.8. The van der Waals surface area contributed by atoms with Crippen molar-refractivity contribution in [3.05, 3.63) is 127 Å². The maximum absolute atomic E-state index is 5.37. The summed E-state index contributed by atoms with van der Waals surface area (Å²) in [6.07, 6.45) is 10.1. The molecule has 9 rings (SSSR count). The third-order valence-electron chi connectivity index (χ3n) is 9.24. The van der Waals surface area contributed by atoms with Crippen molar-refractivity contribution in [1.29, 1.82) is 0 Å². The summed E-state index contributed by atoms with van der Waals surface area (Å²) in [6.45, 7) is 3.06. The smallest absolute Gasteiger partial charge is 0.141 e. The van der Waals surface area contributed by atoms with Crippen molar-refractivity contribution in [2.75, 3.05) is 4.90 Å². The number of para-hydroxylation sites is 2. The Bertz CT molecular complexity index is 2080. The topological polar surface area (TPSA) is 34.0 Å². The lowest BCUT2D eigenvalue weighted by Gasteiger charge is -2.27. The fraction of sp³-hybridized carbons (Fsp3) is 0.135. The van der Waals surface area contributed by atoms with Crippen LogP contribution in [-0.2, 0) is 6.54 Å². The van der Waals surface area contributed by atoms with Crippen LogP contribution in [0.3, 0.4) is 0 Å². The Hall–Kier alpha value is -4.96. The molecule has 4 aromatic carbocycles. The molecule has 4 heterocycles. The number of hydrogen-bond donors (Lipinski definition) is 0. The molecule has 0 amide bonds. The number of aromatic nitrogens is 3. The first-order valence-electron chi connectivity index (χ1n) is 14.5. The largest absolute Gasteiger partial charge is 0.324 e. The summed E-state index contributed by atoms with van der Waals surface area (Å²) in [4.78, 5) is 12.7. The van der Waals surface area contributed by atoms with Crippen molar-refractivity contribution in [1.82, 2.24) is 14.5 Å². The van der Waals surface area contributed by atoms with Gasteiger partial charge in [-0.2, -0.15) is 0 Å². The lowest BCUT2D eigenvalue weighted by atomic mass is 9.95. The summed E-state index contributed by atoms with van der Waals surface area (Å²) in [6, 6.07) is 34.8. The van der Waals surface area contributed by atoms with E-state index < -0.39 is 0 Å². The van der Waals surface area contributed by atoms with Crippen molar-refractivity contribution in [2.45, 2.75) is 31.3 Å². The van der Waals surface area contributed by atoms with Crippen molar-refractivity contribution >= 4 is 27.6 Å². The molecule has 196 valence electrons. The summed E-state index contributed by atoms with van der Waals surface area (Å²) in [7, 11) is 0. The lowest BCUT2D eigenvalue weighted by Crippen LogP contribution is -2.30. The summed E-state index contributed by atoms with van der Waals surface area (Å²) < 4.78 is 2.29. The number of hydrogen-bond acceptors (Lipinski definition) is 3. The number of aryl methyl sites for hydroxylation is 1. The highest BCUT2D eigenvalue weighted by Gasteiger charge is 2.64. The standard InChI is InChI=1S/C37H28N4/c1-2-40-32-15-6-5-14-31(32)38-35(40)25-18-16-24(17-19-25)26-10-9-11-27(22-26)34-29-13-4-3-12-28(29)33-30-23-37(30)20-7-8-21-41(37)36(33)39-34/h3-22,30H,2,23H2,1H3/t30-,37?/m0/s1. The quantitative estimate of drug-likeness (QED) is 0.229. The molecule has 1 spiro atoms. The molecule has 1 aliphatic carbocycles. The van der Waals surface area contributed by atoms with E-state index in [4.69, 9.17) is 9.97 Å². The molecule has 0 saturated heterocycles. The highest BCUT2D eigenvalue weighted by atomic mass is 15.3. The van der Waals surface area contributed by atoms with Crippen LogP contribution in [0.2, 0.25) is 0 Å². The van der Waals surface area contributed by atoms with Crippen molar-refractivity contribution in [3.8, 4) is 33.8 Å². The maximum atomic E-state index is 5.37. The van der Waals surface area contributed by atoms with Crippen molar-refractivity contribution in [3.63, 3.8) is 0 Å². The molecular weight excluding hydrogens is 500 g/mol. The predicted molar refractivity (Wildman–Crippen MR) is 168 cm³/mol. The van der Waals surface area contributed by atoms with Gasteiger partial charge in [0.05, 0.1) is 22.3 Å². The van der Waals surface area contributed by atoms with Crippen LogP contribution in [0.1, 0.15) is 24.8 Å². The molecule has 0 bridgehead atoms. The third kappa shape index (κ3) is 3.16. The van der Waals surface area contributed by atoms with Crippen molar-refractivity contribution < 1.29 is 0 Å². The zero-order chi connectivity index (χ0) is 27.1. The Morgan fingerprint density at radius 2 is 1.54 bits per heavy atom. The molecule has 2 atom stereocenters. The lowest BCUT2D eigenvalue weighted by molar-refractivity contribution is 0.789. The fourth-order valence-corrected chi connectivity index (χ4v) is 7.21. The third-order valence-corrected chi connectivity index (χ3v) is 9.24. The molecule has 3 aliphatic rings. The molecule has 41 heavy (non-hydrogen) atoms. The zero-order valence-electron chi connectivity index (χ0n) is 22.8. The number of fused-ring (bicyclic) bond motifs is 6. The molecule has 0 N–H and O–H groups in total. The number of allylic oxidation sites excluding steroid dienone is 2. The predicted octanol–water partition coefficient (Wildman–Crippen LogP) is 8.74. The van der Waals surface area contributed by atoms with Crippen LogP contribution in [0.15, 0.2) is 121 Å². The minimum atomic E-state index is 0.0907. The Labute approximate surface area is 238 Å². The van der Waals surface area contributed by atoms with Crippen LogP contribution in [-0.4, -0.2) is 20.1 Å². The molecule has 4 heteroatoms. The van der Waals surface area contributed by atoms with Crippen LogP contribution in [0.4, 0.5) is 5.82 Å². The van der Waals surface area contributed by atoms with Crippen LogP contribution in [0.25, 0.3) is 55.6 Å². The van der Waals surface area contributed by atoms with Gasteiger partial charge in [-0.1, -0.05) is 91.0 Å². The van der Waals surface area contributed by atoms with E-state index in [0.717, 1.165) is 40.5 Å². The minimum absolute atomic E-state index is 0.0907. The van der Waals surface area contributed by atoms with Gasteiger partial charge in [0, 0.05) is 40.7 Å². The summed E-state index contributed by atoms with van der Waals surface area (Å²) in [5.41, 5.74) is 9.40. The second-order valence-electron chi connectivity index (χ2n) is 11.4. The monoisotopic (exact) mass is 528 g/mol. The van der Waals surface area contributed by atoms with Gasteiger partial charge in [0.15, 0.2) is 0 Å². The summed E-state index contributed by atoms with van der Waals surface area (Å²) in [5, 5.41) is 2.56. The van der Waals surface area contributed by atoms with E-state index in [-0.39, 0.29) is 5.54 Å². The zero-order valence-corrected chi connectivity index (χ0v) is 22.8. The van der Waals surface area contributed by atoms with Crippen molar-refractivity contribution in [2.24, 2.45) is 0 Å². The molecule has 1 fully saturated rings. The number of benzene rings is 4. The Balaban J connectivity index is 1.13. The van der Waals surface area contributed by atoms with Gasteiger partial charge < -0.3 is 9.47 Å². The number of nitrogens with zero attached hydrogens (tertiary/aromatic N) is 4. The van der Waals surface area contributed by atoms with E-state index in [1.165, 1.54) is 39.4 Å². The van der Waals surface area contributed by atoms with Crippen LogP contribution >= 0.6 is 0 Å². The van der Waals surface area contributed by atoms with Crippen LogP contribution < -0.4 is 4.90 Å². The molecule has 2 aliphatic heterocycles. The van der Waals surface area contributed by atoms with Crippen LogP contribution in [0, 0.1) is 0 Å². The molecule has 2 aromatic heterocycles. The minimum Gasteiger partial charge on any atom is -0.324 e. The average Bonchev–Trinajstić information content (AvgIpc) is 3.47. The van der Waals surface area contributed by atoms with Gasteiger partial charge in [0.2, 0.25) is 0 Å². The number of imidazole rings is 1. The van der Waals surface area contributed by atoms with E-state index in [2.05, 4.69) is 138 Å². The second kappa shape index (κ2) is 8.28. The highest BCUT2D eigenvalue weighted by Crippen LogP contribution is 2.67. The van der Waals surface area contributed by atoms with Gasteiger partial charge in [0.1, 0.15) is 11.6 Å². The Morgan fingerprint density at radius 3 is 2.41 bits per heavy atom. The molecule has 4 nitrogen and oxygen atoms in total. The van der Waals surface area contributed by atoms with Gasteiger partial charge in [-0.15, -0.1) is 0 Å². The highest BCUT2D eigenvalue weighted by molar-refractivity contribution is 6.02. The molecule has 0 radical (unpaired) electrons. The number of rotatable bonds is 4. The van der Waals surface area contributed by atoms with Crippen LogP contribution in [0.5, 0.6) is 0 Å². The van der Waals surface area contributed by atoms with E-state index in [0.29, 0.717) is 5.92 Å². The molecule has 1 unspecified atom stereocenters. The van der Waals surface area contributed by atoms with Gasteiger partial charge in [-0.3, -0.25) is 0 Å². The molecule has 1 saturated carbocycles. The summed E-state index contributed by atoms with van der Waals surface area (Å²) in [5.74, 6) is 2.65. The first-order valence-corrected chi connectivity index (χ1v) is 14.5. The Morgan fingerprint density at radius 1 is 0.756 bits per heavy atom. The Kier molecular flexibility index (Phi) is 4.61. The van der Waals surface area contributed by atoms with E-state index >= 15 is 0 Å². The fourth-order valence-electron chi connectivity index (χ4n) is 7.21. The number of pyridine rings is 1. The van der Waals surface area contributed by atoms with E-state index in [9.17, 15) is 0 Å². The van der Waals surface area contributed by atoms with Gasteiger partial charge in [-0.05, 0) is 54.1 Å². The first-order chi connectivity index (χ1) is 20.2. The normalized spacial score (nSPS) is 19.9. The summed E-state index contributed by atoms with van der Waals surface area (Å²) >= 11 is 0. The van der Waals surface area contributed by atoms with E-state index in [1.807, 2.05) is 0 Å². The van der Waals surface area contributed by atoms with E-state index in [1.54, 1.807) is 0 Å². The average molecular weight is 529 g/mol. The molecular formula is C37H28N4.